The van der Waals surface area contributed by atoms with Gasteiger partial charge in [0.15, 0.2) is 0 Å². The minimum absolute atomic E-state index is 0.0141. The summed E-state index contributed by atoms with van der Waals surface area (Å²) < 4.78 is 61.5. The van der Waals surface area contributed by atoms with Gasteiger partial charge < -0.3 is 0 Å². The van der Waals surface area contributed by atoms with Crippen molar-refractivity contribution < 1.29 is 26.4 Å². The van der Waals surface area contributed by atoms with E-state index in [4.69, 9.17) is 17.4 Å². The molecule has 0 fully saturated rings. The number of aryl methyl sites for hydroxylation is 1. The van der Waals surface area contributed by atoms with Crippen LogP contribution in [0.4, 0.5) is 18.9 Å². The Labute approximate surface area is 170 Å². The second-order valence-electron chi connectivity index (χ2n) is 5.89. The fraction of sp³-hybridized carbons (Fsp3) is 0.176. The van der Waals surface area contributed by atoms with Crippen LogP contribution < -0.4 is 15.7 Å². The van der Waals surface area contributed by atoms with Crippen molar-refractivity contribution in [1.29, 1.82) is 0 Å². The average molecular weight is 449 g/mol. The van der Waals surface area contributed by atoms with Gasteiger partial charge in [-0.15, -0.1) is 0 Å². The third-order valence-electron chi connectivity index (χ3n) is 3.77. The summed E-state index contributed by atoms with van der Waals surface area (Å²) in [5, 5.41) is 4.02. The van der Waals surface area contributed by atoms with Crippen LogP contribution in [-0.4, -0.2) is 25.5 Å². The van der Waals surface area contributed by atoms with Crippen LogP contribution in [0.15, 0.2) is 47.6 Å². The molecule has 0 aliphatic heterocycles. The number of carbonyl (C=O) groups is 1. The number of alkyl halides is 3. The number of nitrogens with one attached hydrogen (secondary N) is 1. The molecule has 0 atom stereocenters. The Bertz CT molecular complexity index is 1070. The van der Waals surface area contributed by atoms with Crippen LogP contribution in [0.2, 0.25) is 5.02 Å². The molecule has 0 saturated carbocycles. The zero-order valence-electron chi connectivity index (χ0n) is 15.2. The molecule has 0 radical (unpaired) electrons. The standard InChI is InChI=1S/C17H16ClF3N4O3S/c1-10-7-8-15(25(22)29(27,28)17(19,20)21)13(9-10)11(2)23-24-16(26)12-5-3-4-6-14(12)18/h3-9H,22H2,1-2H3,(H,24,26)/b23-11+. The second kappa shape index (κ2) is 8.39. The van der Waals surface area contributed by atoms with E-state index in [1.807, 2.05) is 0 Å². The van der Waals surface area contributed by atoms with Gasteiger partial charge in [-0.1, -0.05) is 35.4 Å². The Morgan fingerprint density at radius 3 is 2.38 bits per heavy atom. The maximum Gasteiger partial charge on any atom is 0.518 e. The summed E-state index contributed by atoms with van der Waals surface area (Å²) >= 11 is 5.93. The first kappa shape index (κ1) is 22.7. The molecule has 0 aromatic heterocycles. The lowest BCUT2D eigenvalue weighted by atomic mass is 10.1. The first-order chi connectivity index (χ1) is 13.4. The van der Waals surface area contributed by atoms with Crippen molar-refractivity contribution in [2.75, 3.05) is 4.41 Å². The first-order valence-electron chi connectivity index (χ1n) is 7.92. The monoisotopic (exact) mass is 448 g/mol. The van der Waals surface area contributed by atoms with Crippen molar-refractivity contribution in [3.8, 4) is 0 Å². The number of halogens is 4. The molecule has 0 aliphatic carbocycles. The van der Waals surface area contributed by atoms with Crippen molar-refractivity contribution in [2.45, 2.75) is 19.4 Å². The summed E-state index contributed by atoms with van der Waals surface area (Å²) in [6.45, 7) is 3.02. The van der Waals surface area contributed by atoms with Crippen LogP contribution >= 0.6 is 11.6 Å². The topological polar surface area (TPSA) is 105 Å². The fourth-order valence-corrected chi connectivity index (χ4v) is 3.14. The second-order valence-corrected chi connectivity index (χ2v) is 8.10. The largest absolute Gasteiger partial charge is 0.518 e. The van der Waals surface area contributed by atoms with Gasteiger partial charge in [-0.05, 0) is 38.1 Å². The number of anilines is 1. The molecule has 0 bridgehead atoms. The van der Waals surface area contributed by atoms with Crippen LogP contribution in [-0.2, 0) is 10.0 Å². The molecule has 3 N–H and O–H groups in total. The summed E-state index contributed by atoms with van der Waals surface area (Å²) in [7, 11) is -5.83. The lowest BCUT2D eigenvalue weighted by Crippen LogP contribution is -2.46. The van der Waals surface area contributed by atoms with Gasteiger partial charge in [-0.3, -0.25) is 4.79 Å². The highest BCUT2D eigenvalue weighted by atomic mass is 35.5. The average Bonchev–Trinajstić information content (AvgIpc) is 2.64. The zero-order chi connectivity index (χ0) is 22.0. The van der Waals surface area contributed by atoms with Crippen LogP contribution in [0.5, 0.6) is 0 Å². The highest BCUT2D eigenvalue weighted by Gasteiger charge is 2.50. The number of sulfonamides is 1. The van der Waals surface area contributed by atoms with E-state index in [-0.39, 0.29) is 26.3 Å². The molecular weight excluding hydrogens is 433 g/mol. The van der Waals surface area contributed by atoms with Crippen LogP contribution in [0, 0.1) is 6.92 Å². The van der Waals surface area contributed by atoms with E-state index in [2.05, 4.69) is 10.5 Å². The number of nitrogens with two attached hydrogens (primary N) is 1. The lowest BCUT2D eigenvalue weighted by Gasteiger charge is -2.22. The van der Waals surface area contributed by atoms with Gasteiger partial charge in [-0.25, -0.2) is 11.3 Å². The SMILES string of the molecule is C/C(=N\NC(=O)c1ccccc1Cl)c1cc(C)ccc1N(N)S(=O)(=O)C(F)(F)F. The van der Waals surface area contributed by atoms with Crippen LogP contribution in [0.3, 0.4) is 0 Å². The number of nitrogens with zero attached hydrogens (tertiary/aromatic N) is 2. The predicted octanol–water partition coefficient (Wildman–Crippen LogP) is 3.33. The number of hydrazine groups is 1. The van der Waals surface area contributed by atoms with Crippen molar-refractivity contribution in [3.05, 3.63) is 64.2 Å². The van der Waals surface area contributed by atoms with E-state index in [0.29, 0.717) is 5.56 Å². The molecule has 2 rings (SSSR count). The number of hydrogen-bond acceptors (Lipinski definition) is 5. The number of hydrazone groups is 1. The number of rotatable bonds is 5. The van der Waals surface area contributed by atoms with Gasteiger partial charge in [0.25, 0.3) is 5.91 Å². The maximum atomic E-state index is 12.9. The normalized spacial score (nSPS) is 12.6. The van der Waals surface area contributed by atoms with Gasteiger partial charge in [-0.2, -0.15) is 31.1 Å². The van der Waals surface area contributed by atoms with Gasteiger partial charge in [0.2, 0.25) is 0 Å². The summed E-state index contributed by atoms with van der Waals surface area (Å²) in [5.74, 6) is 4.62. The Kier molecular flexibility index (Phi) is 6.56. The summed E-state index contributed by atoms with van der Waals surface area (Å²) in [4.78, 5) is 12.2. The lowest BCUT2D eigenvalue weighted by molar-refractivity contribution is -0.0438. The molecule has 0 saturated heterocycles. The molecule has 0 unspecified atom stereocenters. The highest BCUT2D eigenvalue weighted by Crippen LogP contribution is 2.31. The number of carbonyl (C=O) groups excluding carboxylic acids is 1. The molecule has 7 nitrogen and oxygen atoms in total. The molecule has 2 aromatic rings. The van der Waals surface area contributed by atoms with Crippen LogP contribution in [0.25, 0.3) is 0 Å². The quantitative estimate of drug-likeness (QED) is 0.416. The fourth-order valence-electron chi connectivity index (χ4n) is 2.27. The Hall–Kier alpha value is -2.63. The summed E-state index contributed by atoms with van der Waals surface area (Å²) in [6.07, 6.45) is 0. The predicted molar refractivity (Wildman–Crippen MR) is 104 cm³/mol. The van der Waals surface area contributed by atoms with Gasteiger partial charge in [0, 0.05) is 5.56 Å². The van der Waals surface area contributed by atoms with Gasteiger partial charge in [0.1, 0.15) is 0 Å². The third kappa shape index (κ3) is 4.86. The first-order valence-corrected chi connectivity index (χ1v) is 9.74. The van der Waals surface area contributed by atoms with Crippen molar-refractivity contribution in [3.63, 3.8) is 0 Å². The number of hydrogen-bond donors (Lipinski definition) is 2. The Balaban J connectivity index is 2.41. The van der Waals surface area contributed by atoms with Crippen molar-refractivity contribution in [1.82, 2.24) is 5.43 Å². The van der Waals surface area contributed by atoms with Gasteiger partial charge >= 0.3 is 15.5 Å². The molecule has 156 valence electrons. The van der Waals surface area contributed by atoms with E-state index in [1.165, 1.54) is 31.2 Å². The van der Waals surface area contributed by atoms with Crippen molar-refractivity contribution in [2.24, 2.45) is 10.9 Å². The molecule has 0 spiro atoms. The molecule has 0 aliphatic rings. The van der Waals surface area contributed by atoms with Crippen LogP contribution in [0.1, 0.15) is 28.4 Å². The maximum absolute atomic E-state index is 12.9. The van der Waals surface area contributed by atoms with E-state index in [1.54, 1.807) is 19.1 Å². The zero-order valence-corrected chi connectivity index (χ0v) is 16.7. The molecule has 2 aromatic carbocycles. The minimum Gasteiger partial charge on any atom is -0.267 e. The minimum atomic E-state index is -5.83. The Morgan fingerprint density at radius 1 is 1.17 bits per heavy atom. The van der Waals surface area contributed by atoms with Gasteiger partial charge in [0.05, 0.1) is 22.0 Å². The van der Waals surface area contributed by atoms with Crippen molar-refractivity contribution >= 4 is 38.9 Å². The molecule has 0 heterocycles. The molecule has 29 heavy (non-hydrogen) atoms. The van der Waals surface area contributed by atoms with E-state index in [9.17, 15) is 26.4 Å². The molecule has 1 amide bonds. The van der Waals surface area contributed by atoms with E-state index >= 15 is 0 Å². The smallest absolute Gasteiger partial charge is 0.267 e. The summed E-state index contributed by atoms with van der Waals surface area (Å²) in [6, 6.07) is 10.1. The van der Waals surface area contributed by atoms with E-state index < -0.39 is 27.1 Å². The number of amides is 1. The summed E-state index contributed by atoms with van der Waals surface area (Å²) in [5.41, 5.74) is -3.07. The number of benzene rings is 2. The van der Waals surface area contributed by atoms with E-state index in [0.717, 1.165) is 6.07 Å². The third-order valence-corrected chi connectivity index (χ3v) is 5.40. The molecular formula is C17H16ClF3N4O3S. The molecule has 12 heteroatoms. The highest BCUT2D eigenvalue weighted by molar-refractivity contribution is 7.93. The Morgan fingerprint density at radius 2 is 1.79 bits per heavy atom.